The maximum atomic E-state index is 11.8. The topological polar surface area (TPSA) is 62.1 Å². The van der Waals surface area contributed by atoms with Gasteiger partial charge in [-0.25, -0.2) is 4.21 Å². The molecule has 19 heavy (non-hydrogen) atoms. The number of carbonyl (C=O) groups is 1. The predicted molar refractivity (Wildman–Crippen MR) is 80.6 cm³/mol. The average molecular weight is 349 g/mol. The van der Waals surface area contributed by atoms with E-state index in [1.807, 2.05) is 0 Å². The molecule has 1 fully saturated rings. The van der Waals surface area contributed by atoms with Crippen LogP contribution in [0.5, 0.6) is 0 Å². The first-order valence-corrected chi connectivity index (χ1v) is 9.18. The van der Waals surface area contributed by atoms with E-state index < -0.39 is 19.4 Å². The first-order valence-electron chi connectivity index (χ1n) is 5.71. The van der Waals surface area contributed by atoms with Crippen LogP contribution in [0.15, 0.2) is 9.36 Å². The normalized spacial score (nSPS) is 18.4. The third kappa shape index (κ3) is 6.29. The molecular weight excluding hydrogens is 333 g/mol. The Kier molecular flexibility index (Phi) is 5.92. The molecule has 0 radical (unpaired) electrons. The lowest BCUT2D eigenvalue weighted by molar-refractivity contribution is -0.117. The molecule has 1 saturated heterocycles. The Bertz CT molecular complexity index is 479. The summed E-state index contributed by atoms with van der Waals surface area (Å²) in [5.41, 5.74) is 0. The van der Waals surface area contributed by atoms with Gasteiger partial charge in [-0.1, -0.05) is 34.8 Å². The minimum Gasteiger partial charge on any atom is -0.340 e. The molecule has 5 nitrogen and oxygen atoms in total. The lowest BCUT2D eigenvalue weighted by Crippen LogP contribution is -2.36. The third-order valence-corrected chi connectivity index (χ3v) is 3.47. The number of guanidine groups is 1. The summed E-state index contributed by atoms with van der Waals surface area (Å²) in [6.45, 7) is 1.40. The SMILES string of the molecule is CS(C)(=O)=NC(=NC(=O)C(Cl)(Cl)Cl)N1CCCCC1. The molecule has 0 aromatic rings. The minimum absolute atomic E-state index is 0.0889. The minimum atomic E-state index is -2.44. The van der Waals surface area contributed by atoms with Gasteiger partial charge in [-0.05, 0) is 19.3 Å². The molecule has 1 aliphatic rings. The molecule has 0 atom stereocenters. The van der Waals surface area contributed by atoms with Gasteiger partial charge in [0.1, 0.15) is 0 Å². The molecule has 1 aliphatic heterocycles. The van der Waals surface area contributed by atoms with Crippen LogP contribution in [0.1, 0.15) is 19.3 Å². The van der Waals surface area contributed by atoms with E-state index in [-0.39, 0.29) is 5.96 Å². The van der Waals surface area contributed by atoms with E-state index in [1.54, 1.807) is 4.90 Å². The molecule has 0 N–H and O–H groups in total. The van der Waals surface area contributed by atoms with Gasteiger partial charge < -0.3 is 4.90 Å². The Labute approximate surface area is 128 Å². The smallest absolute Gasteiger partial charge is 0.301 e. The second-order valence-corrected chi connectivity index (χ2v) is 9.36. The summed E-state index contributed by atoms with van der Waals surface area (Å²) in [4.78, 5) is 17.2. The molecule has 0 saturated carbocycles. The van der Waals surface area contributed by atoms with Crippen molar-refractivity contribution in [3.8, 4) is 0 Å². The van der Waals surface area contributed by atoms with Crippen LogP contribution in [0.25, 0.3) is 0 Å². The fourth-order valence-corrected chi connectivity index (χ4v) is 2.27. The molecule has 0 aromatic carbocycles. The number of alkyl halides is 3. The predicted octanol–water partition coefficient (Wildman–Crippen LogP) is 2.45. The number of hydrogen-bond donors (Lipinski definition) is 0. The Hall–Kier alpha value is -0.0400. The van der Waals surface area contributed by atoms with Gasteiger partial charge in [0.05, 0.1) is 0 Å². The number of rotatable bonds is 0. The molecule has 0 aliphatic carbocycles. The van der Waals surface area contributed by atoms with Crippen molar-refractivity contribution in [2.45, 2.75) is 23.1 Å². The maximum Gasteiger partial charge on any atom is 0.301 e. The van der Waals surface area contributed by atoms with E-state index in [2.05, 4.69) is 9.36 Å². The maximum absolute atomic E-state index is 11.8. The first-order chi connectivity index (χ1) is 8.59. The summed E-state index contributed by atoms with van der Waals surface area (Å²) in [6.07, 6.45) is 5.96. The van der Waals surface area contributed by atoms with Crippen LogP contribution in [0.4, 0.5) is 0 Å². The van der Waals surface area contributed by atoms with Gasteiger partial charge in [-0.2, -0.15) is 9.36 Å². The largest absolute Gasteiger partial charge is 0.340 e. The molecule has 9 heteroatoms. The van der Waals surface area contributed by atoms with Gasteiger partial charge >= 0.3 is 5.91 Å². The van der Waals surface area contributed by atoms with E-state index in [1.165, 1.54) is 12.5 Å². The van der Waals surface area contributed by atoms with Crippen LogP contribution in [0.3, 0.4) is 0 Å². The van der Waals surface area contributed by atoms with Crippen LogP contribution >= 0.6 is 34.8 Å². The highest BCUT2D eigenvalue weighted by atomic mass is 35.6. The molecule has 1 heterocycles. The Morgan fingerprint density at radius 3 is 2.11 bits per heavy atom. The van der Waals surface area contributed by atoms with Gasteiger partial charge in [0.25, 0.3) is 3.79 Å². The van der Waals surface area contributed by atoms with Crippen molar-refractivity contribution in [2.24, 2.45) is 9.36 Å². The summed E-state index contributed by atoms with van der Waals surface area (Å²) >= 11 is 16.4. The Morgan fingerprint density at radius 2 is 1.68 bits per heavy atom. The zero-order valence-electron chi connectivity index (χ0n) is 10.7. The van der Waals surface area contributed by atoms with Crippen molar-refractivity contribution < 1.29 is 9.00 Å². The summed E-state index contributed by atoms with van der Waals surface area (Å²) in [5, 5.41) is 0. The molecule has 1 rings (SSSR count). The fraction of sp³-hybridized carbons (Fsp3) is 0.800. The van der Waals surface area contributed by atoms with E-state index in [9.17, 15) is 9.00 Å². The van der Waals surface area contributed by atoms with Crippen LogP contribution in [-0.4, -0.2) is 50.4 Å². The van der Waals surface area contributed by atoms with Gasteiger partial charge in [0.2, 0.25) is 5.96 Å². The van der Waals surface area contributed by atoms with Gasteiger partial charge in [-0.15, -0.1) is 0 Å². The lowest BCUT2D eigenvalue weighted by atomic mass is 10.1. The van der Waals surface area contributed by atoms with Crippen LogP contribution in [-0.2, 0) is 14.5 Å². The standard InChI is InChI=1S/C10H16Cl3N3O2S/c1-19(2,18)15-9(14-8(17)10(11,12)13)16-6-4-3-5-7-16/h3-7H2,1-2H3. The van der Waals surface area contributed by atoms with Crippen molar-refractivity contribution >= 4 is 56.4 Å². The number of carbonyl (C=O) groups excluding carboxylic acids is 1. The summed E-state index contributed by atoms with van der Waals surface area (Å²) < 4.78 is 13.7. The molecule has 110 valence electrons. The zero-order valence-corrected chi connectivity index (χ0v) is 13.8. The number of nitrogens with zero attached hydrogens (tertiary/aromatic N) is 3. The van der Waals surface area contributed by atoms with Crippen LogP contribution < -0.4 is 0 Å². The number of likely N-dealkylation sites (tertiary alicyclic amines) is 1. The van der Waals surface area contributed by atoms with Crippen LogP contribution in [0, 0.1) is 0 Å². The van der Waals surface area contributed by atoms with Crippen molar-refractivity contribution in [3.05, 3.63) is 0 Å². The summed E-state index contributed by atoms with van der Waals surface area (Å²) in [6, 6.07) is 0. The zero-order chi connectivity index (χ0) is 14.7. The number of aliphatic imine (C=N–C) groups is 1. The Balaban J connectivity index is 3.09. The lowest BCUT2D eigenvalue weighted by Gasteiger charge is -2.27. The van der Waals surface area contributed by atoms with Gasteiger partial charge in [0, 0.05) is 35.3 Å². The highest BCUT2D eigenvalue weighted by Gasteiger charge is 2.31. The van der Waals surface area contributed by atoms with E-state index in [0.717, 1.165) is 19.3 Å². The van der Waals surface area contributed by atoms with Crippen molar-refractivity contribution in [1.29, 1.82) is 0 Å². The number of amides is 1. The monoisotopic (exact) mass is 347 g/mol. The number of halogens is 3. The number of hydrogen-bond acceptors (Lipinski definition) is 2. The summed E-state index contributed by atoms with van der Waals surface area (Å²) in [7, 11) is -2.44. The average Bonchev–Trinajstić information content (AvgIpc) is 2.26. The number of piperidine rings is 1. The van der Waals surface area contributed by atoms with Gasteiger partial charge in [-0.3, -0.25) is 4.79 Å². The fourth-order valence-electron chi connectivity index (χ4n) is 1.59. The van der Waals surface area contributed by atoms with Gasteiger partial charge in [0.15, 0.2) is 0 Å². The molecule has 0 bridgehead atoms. The van der Waals surface area contributed by atoms with E-state index in [4.69, 9.17) is 34.8 Å². The van der Waals surface area contributed by atoms with Crippen LogP contribution in [0.2, 0.25) is 0 Å². The molecule has 1 amide bonds. The first kappa shape index (κ1) is 17.0. The van der Waals surface area contributed by atoms with E-state index in [0.29, 0.717) is 13.1 Å². The highest BCUT2D eigenvalue weighted by molar-refractivity contribution is 7.92. The second-order valence-electron chi connectivity index (χ2n) is 4.53. The van der Waals surface area contributed by atoms with Crippen molar-refractivity contribution in [1.82, 2.24) is 4.90 Å². The molecular formula is C10H16Cl3N3O2S. The van der Waals surface area contributed by atoms with Crippen molar-refractivity contribution in [3.63, 3.8) is 0 Å². The Morgan fingerprint density at radius 1 is 1.16 bits per heavy atom. The van der Waals surface area contributed by atoms with E-state index >= 15 is 0 Å². The molecule has 0 unspecified atom stereocenters. The quantitative estimate of drug-likeness (QED) is 0.384. The summed E-state index contributed by atoms with van der Waals surface area (Å²) in [5.74, 6) is -0.837. The third-order valence-electron chi connectivity index (χ3n) is 2.38. The molecule has 0 aromatic heterocycles. The second kappa shape index (κ2) is 6.61. The molecule has 0 spiro atoms. The van der Waals surface area contributed by atoms with Crippen molar-refractivity contribution in [2.75, 3.05) is 25.6 Å². The highest BCUT2D eigenvalue weighted by Crippen LogP contribution is 2.27.